The van der Waals surface area contributed by atoms with Crippen LogP contribution in [0.4, 0.5) is 28.4 Å². The van der Waals surface area contributed by atoms with E-state index in [1.54, 1.807) is 0 Å². The van der Waals surface area contributed by atoms with Gasteiger partial charge in [-0.3, -0.25) is 0 Å². The summed E-state index contributed by atoms with van der Waals surface area (Å²) < 4.78 is 0. The molecule has 0 amide bonds. The number of anilines is 5. The molecule has 0 saturated carbocycles. The summed E-state index contributed by atoms with van der Waals surface area (Å²) in [7, 11) is 0. The Morgan fingerprint density at radius 2 is 1.20 bits per heavy atom. The summed E-state index contributed by atoms with van der Waals surface area (Å²) >= 11 is 0. The fourth-order valence-electron chi connectivity index (χ4n) is 3.72. The Balaban J connectivity index is 1.73. The van der Waals surface area contributed by atoms with Crippen LogP contribution in [0.5, 0.6) is 11.5 Å². The molecule has 1 aliphatic heterocycles. The molecular weight excluding hydrogens is 376 g/mol. The molecule has 0 spiro atoms. The molecule has 0 aromatic heterocycles. The topological polar surface area (TPSA) is 88.6 Å². The molecule has 6 N–H and O–H groups in total. The number of aromatic hydroxyl groups is 2. The van der Waals surface area contributed by atoms with Crippen LogP contribution >= 0.6 is 0 Å². The lowest BCUT2D eigenvalue weighted by Gasteiger charge is -2.19. The molecule has 0 saturated heterocycles. The summed E-state index contributed by atoms with van der Waals surface area (Å²) in [6.07, 6.45) is 0.828. The lowest BCUT2D eigenvalue weighted by atomic mass is 10.1. The average Bonchev–Trinajstić information content (AvgIpc) is 2.72. The molecule has 1 aliphatic rings. The van der Waals surface area contributed by atoms with Gasteiger partial charge in [-0.15, -0.1) is 0 Å². The molecule has 3 aromatic carbocycles. The van der Waals surface area contributed by atoms with E-state index in [0.29, 0.717) is 36.7 Å². The second-order valence-electron chi connectivity index (χ2n) is 7.76. The average molecular weight is 405 g/mol. The SMILES string of the molecule is Cc1cc2c(O)c(c1)NCc1ccccc1Nc1cc(C)cc(c1O)NCCCN2. The van der Waals surface area contributed by atoms with Gasteiger partial charge in [0.1, 0.15) is 0 Å². The highest BCUT2D eigenvalue weighted by Gasteiger charge is 2.13. The van der Waals surface area contributed by atoms with Gasteiger partial charge in [-0.05, 0) is 67.3 Å². The van der Waals surface area contributed by atoms with Crippen molar-refractivity contribution in [1.29, 1.82) is 0 Å². The van der Waals surface area contributed by atoms with Crippen LogP contribution in [0.25, 0.3) is 0 Å². The van der Waals surface area contributed by atoms with Crippen molar-refractivity contribution >= 4 is 28.4 Å². The maximum Gasteiger partial charge on any atom is 0.162 e. The van der Waals surface area contributed by atoms with E-state index in [2.05, 4.69) is 21.3 Å². The summed E-state index contributed by atoms with van der Waals surface area (Å²) in [6, 6.07) is 15.7. The maximum absolute atomic E-state index is 10.8. The van der Waals surface area contributed by atoms with Crippen molar-refractivity contribution in [3.05, 3.63) is 65.2 Å². The van der Waals surface area contributed by atoms with Gasteiger partial charge in [-0.1, -0.05) is 18.2 Å². The molecule has 0 aliphatic carbocycles. The van der Waals surface area contributed by atoms with Crippen LogP contribution in [0.3, 0.4) is 0 Å². The minimum Gasteiger partial charge on any atom is -0.504 e. The Morgan fingerprint density at radius 1 is 0.667 bits per heavy atom. The molecule has 6 heteroatoms. The molecular formula is C24H28N4O2. The third-order valence-corrected chi connectivity index (χ3v) is 5.25. The summed E-state index contributed by atoms with van der Waals surface area (Å²) in [5.74, 6) is 0.437. The minimum absolute atomic E-state index is 0.210. The van der Waals surface area contributed by atoms with Gasteiger partial charge in [0.15, 0.2) is 11.5 Å². The van der Waals surface area contributed by atoms with Crippen molar-refractivity contribution in [2.45, 2.75) is 26.8 Å². The first-order valence-electron chi connectivity index (χ1n) is 10.2. The highest BCUT2D eigenvalue weighted by molar-refractivity contribution is 5.77. The van der Waals surface area contributed by atoms with E-state index in [1.807, 2.05) is 62.4 Å². The smallest absolute Gasteiger partial charge is 0.162 e. The van der Waals surface area contributed by atoms with Crippen LogP contribution in [0.15, 0.2) is 48.5 Å². The molecule has 30 heavy (non-hydrogen) atoms. The van der Waals surface area contributed by atoms with Crippen LogP contribution in [0, 0.1) is 13.8 Å². The van der Waals surface area contributed by atoms with Crippen molar-refractivity contribution in [2.75, 3.05) is 34.4 Å². The second kappa shape index (κ2) is 8.45. The normalized spacial score (nSPS) is 13.8. The number of rotatable bonds is 0. The fourth-order valence-corrected chi connectivity index (χ4v) is 3.72. The quantitative estimate of drug-likeness (QED) is 0.285. The zero-order valence-corrected chi connectivity index (χ0v) is 17.3. The molecule has 0 radical (unpaired) electrons. The van der Waals surface area contributed by atoms with Crippen molar-refractivity contribution in [3.63, 3.8) is 0 Å². The molecule has 3 aromatic rings. The van der Waals surface area contributed by atoms with Crippen molar-refractivity contribution < 1.29 is 10.2 Å². The molecule has 0 atom stereocenters. The molecule has 0 fully saturated rings. The molecule has 6 nitrogen and oxygen atoms in total. The zero-order chi connectivity index (χ0) is 21.1. The third-order valence-electron chi connectivity index (χ3n) is 5.25. The van der Waals surface area contributed by atoms with Gasteiger partial charge in [0, 0.05) is 25.3 Å². The first kappa shape index (κ1) is 19.8. The van der Waals surface area contributed by atoms with E-state index in [4.69, 9.17) is 0 Å². The van der Waals surface area contributed by atoms with Crippen LogP contribution in [-0.2, 0) is 6.54 Å². The Morgan fingerprint density at radius 3 is 1.87 bits per heavy atom. The van der Waals surface area contributed by atoms with Gasteiger partial charge in [0.25, 0.3) is 0 Å². The number of hydrogen-bond acceptors (Lipinski definition) is 6. The van der Waals surface area contributed by atoms with Gasteiger partial charge < -0.3 is 31.5 Å². The first-order valence-corrected chi connectivity index (χ1v) is 10.2. The van der Waals surface area contributed by atoms with Crippen LogP contribution < -0.4 is 21.3 Å². The lowest BCUT2D eigenvalue weighted by Crippen LogP contribution is -2.11. The van der Waals surface area contributed by atoms with Crippen molar-refractivity contribution in [2.24, 2.45) is 0 Å². The Labute approximate surface area is 177 Å². The number of aryl methyl sites for hydroxylation is 2. The third kappa shape index (κ3) is 4.22. The van der Waals surface area contributed by atoms with E-state index in [9.17, 15) is 10.2 Å². The summed E-state index contributed by atoms with van der Waals surface area (Å²) in [5.41, 5.74) is 6.83. The molecule has 0 unspecified atom stereocenters. The first-order chi connectivity index (χ1) is 14.5. The van der Waals surface area contributed by atoms with Gasteiger partial charge in [0.2, 0.25) is 0 Å². The number of hydrogen-bond donors (Lipinski definition) is 6. The van der Waals surface area contributed by atoms with Crippen molar-refractivity contribution in [1.82, 2.24) is 0 Å². The summed E-state index contributed by atoms with van der Waals surface area (Å²) in [4.78, 5) is 0. The number of phenols is 2. The molecule has 4 bridgehead atoms. The Kier molecular flexibility index (Phi) is 5.57. The molecule has 156 valence electrons. The van der Waals surface area contributed by atoms with Gasteiger partial charge in [-0.2, -0.15) is 0 Å². The monoisotopic (exact) mass is 404 g/mol. The minimum atomic E-state index is 0.210. The van der Waals surface area contributed by atoms with E-state index in [1.165, 1.54) is 0 Å². The lowest BCUT2D eigenvalue weighted by molar-refractivity contribution is 0.479. The molecule has 4 rings (SSSR count). The fraction of sp³-hybridized carbons (Fsp3) is 0.250. The number of fused-ring (bicyclic) bond motifs is 5. The number of para-hydroxylation sites is 1. The van der Waals surface area contributed by atoms with E-state index in [-0.39, 0.29) is 11.5 Å². The van der Waals surface area contributed by atoms with Gasteiger partial charge in [-0.25, -0.2) is 0 Å². The van der Waals surface area contributed by atoms with Gasteiger partial charge in [0.05, 0.1) is 22.7 Å². The zero-order valence-electron chi connectivity index (χ0n) is 17.3. The number of phenolic OH excluding ortho intramolecular Hbond substituents is 2. The van der Waals surface area contributed by atoms with Crippen LogP contribution in [0.1, 0.15) is 23.1 Å². The molecule has 1 heterocycles. The highest BCUT2D eigenvalue weighted by Crippen LogP contribution is 2.37. The predicted octanol–water partition coefficient (Wildman–Crippen LogP) is 5.30. The largest absolute Gasteiger partial charge is 0.504 e. The van der Waals surface area contributed by atoms with Crippen LogP contribution in [-0.4, -0.2) is 23.3 Å². The Bertz CT molecular complexity index is 1070. The van der Waals surface area contributed by atoms with E-state index < -0.39 is 0 Å². The Hall–Kier alpha value is -3.54. The summed E-state index contributed by atoms with van der Waals surface area (Å²) in [5, 5.41) is 34.9. The number of nitrogens with one attached hydrogen (secondary N) is 4. The highest BCUT2D eigenvalue weighted by atomic mass is 16.3. The van der Waals surface area contributed by atoms with Crippen molar-refractivity contribution in [3.8, 4) is 11.5 Å². The van der Waals surface area contributed by atoms with E-state index >= 15 is 0 Å². The maximum atomic E-state index is 10.8. The number of benzene rings is 3. The van der Waals surface area contributed by atoms with E-state index in [0.717, 1.165) is 34.5 Å². The predicted molar refractivity (Wildman–Crippen MR) is 124 cm³/mol. The van der Waals surface area contributed by atoms with Gasteiger partial charge >= 0.3 is 0 Å². The summed E-state index contributed by atoms with van der Waals surface area (Å²) in [6.45, 7) is 5.95. The van der Waals surface area contributed by atoms with Crippen LogP contribution in [0.2, 0.25) is 0 Å². The second-order valence-corrected chi connectivity index (χ2v) is 7.76. The standard InChI is InChI=1S/C24H28N4O2/c1-15-10-19-23(29)21(12-15)27-14-17-6-3-4-7-18(17)28-22-13-16(2)11-20(24(22)30)26-9-5-8-25-19/h3-4,6-7,10-13,25-30H,5,8-9,14H2,1-2H3.